The van der Waals surface area contributed by atoms with Crippen LogP contribution in [0.25, 0.3) is 0 Å². The molecule has 3 heterocycles. The van der Waals surface area contributed by atoms with Crippen LogP contribution in [0.1, 0.15) is 126 Å². The third-order valence-corrected chi connectivity index (χ3v) is 10.8. The fraction of sp³-hybridized carbons (Fsp3) is 0.344. The van der Waals surface area contributed by atoms with Gasteiger partial charge in [0.25, 0.3) is 17.7 Å². The van der Waals surface area contributed by atoms with Gasteiger partial charge in [-0.3, -0.25) is 38.7 Å². The summed E-state index contributed by atoms with van der Waals surface area (Å²) >= 11 is 0. The van der Waals surface area contributed by atoms with Crippen LogP contribution in [0, 0.1) is 22.3 Å². The molecular formula is C64H94N9O9Y3-3. The van der Waals surface area contributed by atoms with Crippen molar-refractivity contribution in [1.82, 2.24) is 15.0 Å². The molecule has 21 heteroatoms. The molecule has 0 aliphatic carbocycles. The predicted octanol–water partition coefficient (Wildman–Crippen LogP) is 12.1. The largest absolute Gasteiger partial charge is 0.380 e. The Morgan fingerprint density at radius 3 is 1.00 bits per heavy atom. The van der Waals surface area contributed by atoms with E-state index in [-0.39, 0.29) is 165 Å². The van der Waals surface area contributed by atoms with Gasteiger partial charge in [0.15, 0.2) is 0 Å². The van der Waals surface area contributed by atoms with Crippen LogP contribution < -0.4 is 31.9 Å². The van der Waals surface area contributed by atoms with Crippen molar-refractivity contribution >= 4 is 69.7 Å². The molecule has 0 bridgehead atoms. The number of carbonyl (C=O) groups is 6. The van der Waals surface area contributed by atoms with E-state index in [1.165, 1.54) is 47.7 Å². The Balaban J connectivity index is -0.000000197. The third-order valence-electron chi connectivity index (χ3n) is 10.8. The molecule has 3 atom stereocenters. The van der Waals surface area contributed by atoms with Crippen molar-refractivity contribution in [1.29, 1.82) is 0 Å². The number of carbonyl (C=O) groups excluding carboxylic acids is 6. The maximum absolute atomic E-state index is 12.2. The molecule has 9 N–H and O–H groups in total. The Bertz CT molecular complexity index is 2410. The summed E-state index contributed by atoms with van der Waals surface area (Å²) in [4.78, 5) is 81.3. The van der Waals surface area contributed by atoms with Gasteiger partial charge in [0.05, 0.1) is 11.9 Å². The maximum Gasteiger partial charge on any atom is 0.257 e. The van der Waals surface area contributed by atoms with Gasteiger partial charge in [-0.2, -0.15) is 0 Å². The number of hydrogen-bond donors (Lipinski definition) is 9. The quantitative estimate of drug-likeness (QED) is 0.0364. The summed E-state index contributed by atoms with van der Waals surface area (Å²) in [7, 11) is 0. The Kier molecular flexibility index (Phi) is 56.5. The average molecular weight is 1400 g/mol. The first-order valence-electron chi connectivity index (χ1n) is 26.0. The van der Waals surface area contributed by atoms with Crippen LogP contribution in [0.5, 0.6) is 0 Å². The number of aliphatic hydroxyl groups is 3. The van der Waals surface area contributed by atoms with Crippen molar-refractivity contribution in [2.45, 2.75) is 146 Å². The Morgan fingerprint density at radius 2 is 0.706 bits per heavy atom. The minimum absolute atomic E-state index is 0. The molecule has 3 radical (unpaired) electrons. The van der Waals surface area contributed by atoms with Gasteiger partial charge in [0, 0.05) is 166 Å². The topological polar surface area (TPSA) is 274 Å². The summed E-state index contributed by atoms with van der Waals surface area (Å²) in [5, 5.41) is 47.2. The standard InChI is InChI=1S/3C18H21N3O3.3C2H6.CH4.3CH3.3Y/c1-13(22)20-15-5-3-14(4-6-15)7-10-18(2,24)17(23)21-16-8-11-19-12-9-16;1-13(22)20-15-7-5-14(6-8-15)9-10-18(2,24)17(23)21-16-4-3-11-19-12-16;1-13(22)20-15-8-6-14(7-9-15)10-11-18(2,24)17(23)21-16-5-3-4-12-19-16;3*1-2;;;;;;;/h3-6,8-9,11-12,24H,7,10H2,1-2H3,(H,20,22)(H,19,21,23);3-8,11-12,24H,9-10H2,1-2H3,(H,20,22)(H,21,23);3-9,12,24H,10-11H2,1-2H3,(H,20,22)(H,19,21,23);3*1-2H3;1H4;3*1H3;;;/q;;;;;;;3*-1;;;/t3*18-;;;;;;;;;;/m000........../s1. The molecule has 0 unspecified atom stereocenters. The Morgan fingerprint density at radius 1 is 0.388 bits per heavy atom. The molecule has 18 nitrogen and oxygen atoms in total. The number of benzene rings is 3. The normalized spacial score (nSPS) is 11.2. The van der Waals surface area contributed by atoms with Crippen LogP contribution in [0.2, 0.25) is 0 Å². The molecule has 0 saturated heterocycles. The number of aryl methyl sites for hydroxylation is 3. The van der Waals surface area contributed by atoms with Crippen molar-refractivity contribution in [3.8, 4) is 0 Å². The van der Waals surface area contributed by atoms with Crippen LogP contribution in [0.4, 0.5) is 34.3 Å². The minimum atomic E-state index is -1.51. The first-order valence-corrected chi connectivity index (χ1v) is 26.0. The number of amides is 6. The maximum atomic E-state index is 12.2. The SMILES string of the molecule is C.CC.CC.CC.CC(=O)Nc1ccc(CC[C@](C)(O)C(=O)Nc2ccccn2)cc1.CC(=O)Nc1ccc(CC[C@](C)(O)C(=O)Nc2cccnc2)cc1.CC(=O)Nc1ccc(CC[C@](C)(O)C(=O)Nc2ccncc2)cc1.[CH3-].[CH3-].[CH3-].[Y].[Y].[Y]. The molecular weight excluding hydrogens is 1310 g/mol. The van der Waals surface area contributed by atoms with E-state index in [1.54, 1.807) is 104 Å². The number of pyridine rings is 3. The van der Waals surface area contributed by atoms with E-state index in [0.717, 1.165) is 16.7 Å². The molecule has 0 saturated carbocycles. The van der Waals surface area contributed by atoms with Gasteiger partial charge in [-0.1, -0.05) is 91.4 Å². The van der Waals surface area contributed by atoms with Crippen LogP contribution in [-0.4, -0.2) is 82.5 Å². The predicted molar refractivity (Wildman–Crippen MR) is 338 cm³/mol. The molecule has 461 valence electrons. The number of nitrogens with one attached hydrogen (secondary N) is 6. The number of hydrogen-bond acceptors (Lipinski definition) is 12. The van der Waals surface area contributed by atoms with Crippen LogP contribution >= 0.6 is 0 Å². The van der Waals surface area contributed by atoms with Gasteiger partial charge in [-0.05, 0) is 149 Å². The summed E-state index contributed by atoms with van der Waals surface area (Å²) in [5.74, 6) is -1.39. The fourth-order valence-electron chi connectivity index (χ4n) is 6.47. The average Bonchev–Trinajstić information content (AvgIpc) is 3.43. The van der Waals surface area contributed by atoms with Crippen LogP contribution in [0.3, 0.4) is 0 Å². The van der Waals surface area contributed by atoms with Gasteiger partial charge in [-0.15, -0.1) is 0 Å². The van der Waals surface area contributed by atoms with E-state index in [1.807, 2.05) is 77.9 Å². The molecule has 0 spiro atoms. The minimum Gasteiger partial charge on any atom is -0.380 e. The molecule has 6 rings (SSSR count). The number of anilines is 6. The number of nitrogens with zero attached hydrogens (tertiary/aromatic N) is 3. The monoisotopic (exact) mass is 1400 g/mol. The molecule has 0 fully saturated rings. The second-order valence-corrected chi connectivity index (χ2v) is 17.5. The zero-order valence-corrected chi connectivity index (χ0v) is 60.5. The molecule has 6 amide bonds. The smallest absolute Gasteiger partial charge is 0.257 e. The van der Waals surface area contributed by atoms with Crippen LogP contribution in [-0.2, 0) is 146 Å². The second-order valence-electron chi connectivity index (χ2n) is 17.5. The summed E-state index contributed by atoms with van der Waals surface area (Å²) in [5.41, 5.74) is 1.71. The molecule has 3 aromatic heterocycles. The molecule has 6 aromatic rings. The van der Waals surface area contributed by atoms with E-state index in [2.05, 4.69) is 46.9 Å². The number of rotatable bonds is 18. The van der Waals surface area contributed by atoms with Gasteiger partial charge in [0.2, 0.25) is 17.7 Å². The van der Waals surface area contributed by atoms with E-state index in [9.17, 15) is 44.1 Å². The zero-order valence-electron chi connectivity index (χ0n) is 52.0. The molecule has 3 aromatic carbocycles. The zero-order chi connectivity index (χ0) is 58.7. The van der Waals surface area contributed by atoms with Gasteiger partial charge in [0.1, 0.15) is 22.6 Å². The molecule has 0 aliphatic rings. The van der Waals surface area contributed by atoms with Crippen molar-refractivity contribution in [2.24, 2.45) is 0 Å². The molecule has 0 aliphatic heterocycles. The van der Waals surface area contributed by atoms with E-state index in [4.69, 9.17) is 0 Å². The third kappa shape index (κ3) is 39.5. The van der Waals surface area contributed by atoms with Crippen molar-refractivity contribution < 1.29 is 142 Å². The number of aromatic nitrogens is 3. The van der Waals surface area contributed by atoms with Gasteiger partial charge in [-0.25, -0.2) is 4.98 Å². The Labute approximate surface area is 584 Å². The van der Waals surface area contributed by atoms with Crippen molar-refractivity contribution in [3.63, 3.8) is 0 Å². The van der Waals surface area contributed by atoms with Crippen molar-refractivity contribution in [3.05, 3.63) is 185 Å². The van der Waals surface area contributed by atoms with Gasteiger partial charge < -0.3 is 69.5 Å². The summed E-state index contributed by atoms with van der Waals surface area (Å²) in [6.07, 6.45) is 10.3. The van der Waals surface area contributed by atoms with E-state index < -0.39 is 34.5 Å². The first-order chi connectivity index (χ1) is 37.1. The van der Waals surface area contributed by atoms with Crippen molar-refractivity contribution in [2.75, 3.05) is 31.9 Å². The van der Waals surface area contributed by atoms with Crippen LogP contribution in [0.15, 0.2) is 146 Å². The molecule has 85 heavy (non-hydrogen) atoms. The fourth-order valence-corrected chi connectivity index (χ4v) is 6.47. The Hall–Kier alpha value is -4.88. The van der Waals surface area contributed by atoms with E-state index >= 15 is 0 Å². The summed E-state index contributed by atoms with van der Waals surface area (Å²) in [6, 6.07) is 33.8. The second kappa shape index (κ2) is 51.2. The first kappa shape index (κ1) is 93.8. The summed E-state index contributed by atoms with van der Waals surface area (Å²) < 4.78 is 0. The van der Waals surface area contributed by atoms with Gasteiger partial charge >= 0.3 is 0 Å². The van der Waals surface area contributed by atoms with E-state index in [0.29, 0.717) is 53.5 Å². The summed E-state index contributed by atoms with van der Waals surface area (Å²) in [6.45, 7) is 20.8.